The van der Waals surface area contributed by atoms with Crippen molar-refractivity contribution in [3.8, 4) is 0 Å². The van der Waals surface area contributed by atoms with Crippen molar-refractivity contribution in [1.29, 1.82) is 0 Å². The molecule has 2 aromatic carbocycles. The number of benzene rings is 2. The van der Waals surface area contributed by atoms with Crippen LogP contribution in [-0.2, 0) is 13.1 Å². The fraction of sp³-hybridized carbons (Fsp3) is 0.280. The largest absolute Gasteiger partial charge is 0.355 e. The van der Waals surface area contributed by atoms with E-state index in [1.807, 2.05) is 39.1 Å². The minimum Gasteiger partial charge on any atom is -0.355 e. The normalized spacial score (nSPS) is 11.9. The van der Waals surface area contributed by atoms with Crippen molar-refractivity contribution >= 4 is 11.7 Å². The molecule has 1 aromatic heterocycles. The number of aryl methyl sites for hydroxylation is 1. The monoisotopic (exact) mass is 422 g/mol. The van der Waals surface area contributed by atoms with Gasteiger partial charge in [0.15, 0.2) is 0 Å². The lowest BCUT2D eigenvalue weighted by Gasteiger charge is -2.14. The van der Waals surface area contributed by atoms with Crippen LogP contribution in [0.4, 0.5) is 4.39 Å². The van der Waals surface area contributed by atoms with Crippen LogP contribution in [0.5, 0.6) is 0 Å². The standard InChI is InChI=1S/C25H28FN3O2/c1-17-13-23(18(2)29(17)15-20-7-11-22(26)12-8-20)24(30)16-28(4)14-19-5-9-21(10-6-19)25(31)27-3/h5-13H,14-16H2,1-4H3,(H,27,31)/p+1. The second-order valence-corrected chi connectivity index (χ2v) is 8.01. The molecule has 31 heavy (non-hydrogen) atoms. The summed E-state index contributed by atoms with van der Waals surface area (Å²) in [5.74, 6) is -0.272. The number of Topliss-reactive ketones (excluding diaryl/α,β-unsaturated/α-hetero) is 1. The van der Waals surface area contributed by atoms with Crippen LogP contribution in [-0.4, -0.2) is 36.9 Å². The minimum absolute atomic E-state index is 0.0953. The Morgan fingerprint density at radius 2 is 1.61 bits per heavy atom. The molecule has 3 aromatic rings. The summed E-state index contributed by atoms with van der Waals surface area (Å²) in [6, 6.07) is 15.8. The molecule has 0 bridgehead atoms. The van der Waals surface area contributed by atoms with Gasteiger partial charge in [0, 0.05) is 41.7 Å². The minimum atomic E-state index is -0.255. The van der Waals surface area contributed by atoms with Crippen molar-refractivity contribution in [2.24, 2.45) is 0 Å². The first-order chi connectivity index (χ1) is 14.8. The third-order valence-corrected chi connectivity index (χ3v) is 5.54. The van der Waals surface area contributed by atoms with E-state index in [0.29, 0.717) is 25.2 Å². The van der Waals surface area contributed by atoms with E-state index in [9.17, 15) is 14.0 Å². The summed E-state index contributed by atoms with van der Waals surface area (Å²) in [4.78, 5) is 25.7. The van der Waals surface area contributed by atoms with Gasteiger partial charge in [-0.25, -0.2) is 4.39 Å². The summed E-state index contributed by atoms with van der Waals surface area (Å²) >= 11 is 0. The molecule has 2 N–H and O–H groups in total. The van der Waals surface area contributed by atoms with E-state index in [0.717, 1.165) is 33.0 Å². The first-order valence-corrected chi connectivity index (χ1v) is 10.3. The molecular weight excluding hydrogens is 393 g/mol. The van der Waals surface area contributed by atoms with Crippen molar-refractivity contribution in [1.82, 2.24) is 9.88 Å². The average Bonchev–Trinajstić information content (AvgIpc) is 3.03. The van der Waals surface area contributed by atoms with E-state index in [2.05, 4.69) is 9.88 Å². The molecule has 0 aliphatic heterocycles. The van der Waals surface area contributed by atoms with E-state index in [1.165, 1.54) is 12.1 Å². The summed E-state index contributed by atoms with van der Waals surface area (Å²) in [5.41, 5.74) is 5.34. The Labute approximate surface area is 182 Å². The van der Waals surface area contributed by atoms with Gasteiger partial charge in [-0.1, -0.05) is 24.3 Å². The first kappa shape index (κ1) is 22.4. The van der Waals surface area contributed by atoms with Crippen LogP contribution in [0.1, 0.15) is 43.2 Å². The zero-order valence-corrected chi connectivity index (χ0v) is 18.5. The van der Waals surface area contributed by atoms with Gasteiger partial charge in [0.1, 0.15) is 18.9 Å². The number of nitrogens with one attached hydrogen (secondary N) is 2. The Morgan fingerprint density at radius 1 is 1.00 bits per heavy atom. The SMILES string of the molecule is CNC(=O)c1ccc(C[NH+](C)CC(=O)c2cc(C)n(Cc3ccc(F)cc3)c2C)cc1. The average molecular weight is 423 g/mol. The first-order valence-electron chi connectivity index (χ1n) is 10.3. The van der Waals surface area contributed by atoms with Crippen LogP contribution >= 0.6 is 0 Å². The van der Waals surface area contributed by atoms with Crippen molar-refractivity contribution in [3.63, 3.8) is 0 Å². The number of rotatable bonds is 8. The number of aromatic nitrogens is 1. The highest BCUT2D eigenvalue weighted by atomic mass is 19.1. The van der Waals surface area contributed by atoms with Crippen molar-refractivity contribution < 1.29 is 18.9 Å². The van der Waals surface area contributed by atoms with Crippen LogP contribution in [0.2, 0.25) is 0 Å². The molecule has 5 nitrogen and oxygen atoms in total. The fourth-order valence-electron chi connectivity index (χ4n) is 3.80. The summed E-state index contributed by atoms with van der Waals surface area (Å²) < 4.78 is 15.3. The molecule has 3 rings (SSSR count). The fourth-order valence-corrected chi connectivity index (χ4v) is 3.80. The summed E-state index contributed by atoms with van der Waals surface area (Å²) in [7, 11) is 3.60. The number of hydrogen-bond acceptors (Lipinski definition) is 2. The molecule has 0 saturated carbocycles. The van der Waals surface area contributed by atoms with Crippen LogP contribution in [0.3, 0.4) is 0 Å². The van der Waals surface area contributed by atoms with Gasteiger partial charge in [-0.05, 0) is 49.7 Å². The highest BCUT2D eigenvalue weighted by Gasteiger charge is 2.19. The zero-order chi connectivity index (χ0) is 22.5. The number of ketones is 1. The Bertz CT molecular complexity index is 1070. The van der Waals surface area contributed by atoms with E-state index < -0.39 is 0 Å². The third-order valence-electron chi connectivity index (χ3n) is 5.54. The Balaban J connectivity index is 1.66. The molecule has 6 heteroatoms. The number of carbonyl (C=O) groups is 2. The lowest BCUT2D eigenvalue weighted by molar-refractivity contribution is -0.884. The number of halogens is 1. The van der Waals surface area contributed by atoms with E-state index in [4.69, 9.17) is 0 Å². The summed E-state index contributed by atoms with van der Waals surface area (Å²) in [5, 5.41) is 2.61. The number of hydrogen-bond donors (Lipinski definition) is 2. The summed E-state index contributed by atoms with van der Waals surface area (Å²) in [6.45, 7) is 5.60. The van der Waals surface area contributed by atoms with Crippen molar-refractivity contribution in [3.05, 3.63) is 94.1 Å². The maximum absolute atomic E-state index is 13.2. The zero-order valence-electron chi connectivity index (χ0n) is 18.5. The van der Waals surface area contributed by atoms with Crippen molar-refractivity contribution in [2.45, 2.75) is 26.9 Å². The predicted octanol–water partition coefficient (Wildman–Crippen LogP) is 2.55. The number of carbonyl (C=O) groups excluding carboxylic acids is 2. The van der Waals surface area contributed by atoms with Gasteiger partial charge in [-0.15, -0.1) is 0 Å². The van der Waals surface area contributed by atoms with Gasteiger partial charge in [-0.2, -0.15) is 0 Å². The molecule has 162 valence electrons. The Morgan fingerprint density at radius 3 is 2.23 bits per heavy atom. The molecule has 0 saturated heterocycles. The maximum atomic E-state index is 13.2. The van der Waals surface area contributed by atoms with Crippen molar-refractivity contribution in [2.75, 3.05) is 20.6 Å². The van der Waals surface area contributed by atoms with Gasteiger partial charge in [0.25, 0.3) is 5.91 Å². The molecule has 0 spiro atoms. The molecule has 0 fully saturated rings. The Kier molecular flexibility index (Phi) is 7.02. The third kappa shape index (κ3) is 5.47. The van der Waals surface area contributed by atoms with Crippen LogP contribution < -0.4 is 10.2 Å². The van der Waals surface area contributed by atoms with Gasteiger partial charge >= 0.3 is 0 Å². The topological polar surface area (TPSA) is 55.5 Å². The molecule has 1 unspecified atom stereocenters. The number of nitrogens with zero attached hydrogens (tertiary/aromatic N) is 1. The number of quaternary nitrogens is 1. The predicted molar refractivity (Wildman–Crippen MR) is 119 cm³/mol. The smallest absolute Gasteiger partial charge is 0.251 e. The molecule has 0 radical (unpaired) electrons. The molecular formula is C25H29FN3O2+. The molecule has 0 aliphatic rings. The lowest BCUT2D eigenvalue weighted by Crippen LogP contribution is -3.08. The second-order valence-electron chi connectivity index (χ2n) is 8.01. The van der Waals surface area contributed by atoms with E-state index >= 15 is 0 Å². The molecule has 1 heterocycles. The van der Waals surface area contributed by atoms with E-state index in [1.54, 1.807) is 31.3 Å². The second kappa shape index (κ2) is 9.71. The quantitative estimate of drug-likeness (QED) is 0.548. The van der Waals surface area contributed by atoms with Gasteiger partial charge < -0.3 is 14.8 Å². The highest BCUT2D eigenvalue weighted by molar-refractivity contribution is 5.98. The van der Waals surface area contributed by atoms with Gasteiger partial charge in [0.05, 0.1) is 7.05 Å². The van der Waals surface area contributed by atoms with Gasteiger partial charge in [-0.3, -0.25) is 9.59 Å². The molecule has 1 amide bonds. The maximum Gasteiger partial charge on any atom is 0.251 e. The summed E-state index contributed by atoms with van der Waals surface area (Å²) in [6.07, 6.45) is 0. The van der Waals surface area contributed by atoms with Crippen LogP contribution in [0.25, 0.3) is 0 Å². The number of likely N-dealkylation sites (N-methyl/N-ethyl adjacent to an activating group) is 1. The number of amides is 1. The van der Waals surface area contributed by atoms with Crippen LogP contribution in [0.15, 0.2) is 54.6 Å². The molecule has 1 atom stereocenters. The highest BCUT2D eigenvalue weighted by Crippen LogP contribution is 2.18. The molecule has 0 aliphatic carbocycles. The Hall–Kier alpha value is -3.25. The van der Waals surface area contributed by atoms with Crippen LogP contribution in [0, 0.1) is 19.7 Å². The van der Waals surface area contributed by atoms with E-state index in [-0.39, 0.29) is 17.5 Å². The lowest BCUT2D eigenvalue weighted by atomic mass is 10.1. The van der Waals surface area contributed by atoms with Gasteiger partial charge in [0.2, 0.25) is 5.78 Å².